The van der Waals surface area contributed by atoms with E-state index in [-0.39, 0.29) is 6.04 Å². The molecule has 6 nitrogen and oxygen atoms in total. The summed E-state index contributed by atoms with van der Waals surface area (Å²) in [5.41, 5.74) is 0. The summed E-state index contributed by atoms with van der Waals surface area (Å²) in [6.07, 6.45) is 2.60. The minimum atomic E-state index is -1.03. The molecular weight excluding hydrogens is 236 g/mol. The lowest BCUT2D eigenvalue weighted by atomic mass is 10.2. The molecule has 0 aliphatic carbocycles. The largest absolute Gasteiger partial charge is 0.480 e. The number of carbonyl (C=O) groups is 2. The fourth-order valence-corrected chi connectivity index (χ4v) is 1.55. The molecule has 0 aromatic carbocycles. The highest BCUT2D eigenvalue weighted by Crippen LogP contribution is 2.11. The summed E-state index contributed by atoms with van der Waals surface area (Å²) in [5, 5.41) is 13.9. The van der Waals surface area contributed by atoms with Crippen LogP contribution in [0.1, 0.15) is 38.5 Å². The Morgan fingerprint density at radius 2 is 2.17 bits per heavy atom. The Kier molecular flexibility index (Phi) is 5.23. The van der Waals surface area contributed by atoms with Gasteiger partial charge in [-0.2, -0.15) is 0 Å². The van der Waals surface area contributed by atoms with Crippen molar-refractivity contribution in [2.45, 2.75) is 38.8 Å². The van der Waals surface area contributed by atoms with Crippen molar-refractivity contribution in [3.8, 4) is 0 Å². The second-order valence-electron chi connectivity index (χ2n) is 4.03. The van der Waals surface area contributed by atoms with Gasteiger partial charge in [0.1, 0.15) is 11.8 Å². The lowest BCUT2D eigenvalue weighted by molar-refractivity contribution is -0.139. The van der Waals surface area contributed by atoms with Gasteiger partial charge in [-0.25, -0.2) is 9.59 Å². The Bertz CT molecular complexity index is 389. The van der Waals surface area contributed by atoms with Gasteiger partial charge in [0.15, 0.2) is 0 Å². The van der Waals surface area contributed by atoms with Gasteiger partial charge in [-0.05, 0) is 25.5 Å². The van der Waals surface area contributed by atoms with Crippen molar-refractivity contribution in [1.29, 1.82) is 0 Å². The van der Waals surface area contributed by atoms with E-state index in [2.05, 4.69) is 10.6 Å². The monoisotopic (exact) mass is 254 g/mol. The van der Waals surface area contributed by atoms with E-state index in [4.69, 9.17) is 9.52 Å². The normalized spacial score (nSPS) is 13.7. The van der Waals surface area contributed by atoms with Crippen LogP contribution in [0.25, 0.3) is 0 Å². The van der Waals surface area contributed by atoms with Crippen molar-refractivity contribution in [2.75, 3.05) is 0 Å². The van der Waals surface area contributed by atoms with Crippen LogP contribution in [0.5, 0.6) is 0 Å². The van der Waals surface area contributed by atoms with Crippen LogP contribution in [-0.4, -0.2) is 23.1 Å². The average molecular weight is 254 g/mol. The minimum Gasteiger partial charge on any atom is -0.480 e. The van der Waals surface area contributed by atoms with Gasteiger partial charge in [0.25, 0.3) is 0 Å². The van der Waals surface area contributed by atoms with E-state index in [0.29, 0.717) is 18.6 Å². The second kappa shape index (κ2) is 6.68. The van der Waals surface area contributed by atoms with Crippen molar-refractivity contribution in [1.82, 2.24) is 10.6 Å². The van der Waals surface area contributed by atoms with Gasteiger partial charge < -0.3 is 20.2 Å². The van der Waals surface area contributed by atoms with Crippen LogP contribution in [-0.2, 0) is 4.79 Å². The van der Waals surface area contributed by atoms with E-state index in [0.717, 1.165) is 0 Å². The molecule has 0 aliphatic rings. The predicted octanol–water partition coefficient (Wildman–Crippen LogP) is 1.89. The quantitative estimate of drug-likeness (QED) is 0.723. The molecule has 1 aromatic heterocycles. The number of hydrogen-bond donors (Lipinski definition) is 3. The van der Waals surface area contributed by atoms with Crippen LogP contribution >= 0.6 is 0 Å². The molecule has 2 atom stereocenters. The van der Waals surface area contributed by atoms with Crippen molar-refractivity contribution in [3.63, 3.8) is 0 Å². The standard InChI is InChI=1S/C12H18N2O4/c1-3-5-9(11(15)16)14-12(17)13-8(2)10-6-4-7-18-10/h4,6-9H,3,5H2,1-2H3,(H,15,16)(H2,13,14,17). The number of hydrogen-bond acceptors (Lipinski definition) is 3. The predicted molar refractivity (Wildman–Crippen MR) is 65.1 cm³/mol. The molecule has 0 aliphatic heterocycles. The maximum Gasteiger partial charge on any atom is 0.326 e. The molecule has 1 heterocycles. The summed E-state index contributed by atoms with van der Waals surface area (Å²) in [4.78, 5) is 22.5. The first-order valence-corrected chi connectivity index (χ1v) is 5.87. The topological polar surface area (TPSA) is 91.6 Å². The summed E-state index contributed by atoms with van der Waals surface area (Å²) in [5.74, 6) is -0.412. The third-order valence-corrected chi connectivity index (χ3v) is 2.50. The van der Waals surface area contributed by atoms with Crippen molar-refractivity contribution in [3.05, 3.63) is 24.2 Å². The number of carbonyl (C=O) groups excluding carboxylic acids is 1. The summed E-state index contributed by atoms with van der Waals surface area (Å²) in [7, 11) is 0. The Balaban J connectivity index is 2.47. The van der Waals surface area contributed by atoms with Crippen LogP contribution in [0.2, 0.25) is 0 Å². The number of rotatable bonds is 6. The molecule has 3 N–H and O–H groups in total. The molecule has 0 bridgehead atoms. The molecular formula is C12H18N2O4. The Morgan fingerprint density at radius 3 is 2.67 bits per heavy atom. The molecule has 100 valence electrons. The van der Waals surface area contributed by atoms with Crippen LogP contribution in [0.4, 0.5) is 4.79 Å². The number of nitrogens with one attached hydrogen (secondary N) is 2. The van der Waals surface area contributed by atoms with E-state index in [9.17, 15) is 9.59 Å². The molecule has 0 spiro atoms. The Hall–Kier alpha value is -1.98. The van der Waals surface area contributed by atoms with Gasteiger partial charge in [0.2, 0.25) is 0 Å². The fraction of sp³-hybridized carbons (Fsp3) is 0.500. The Morgan fingerprint density at radius 1 is 1.44 bits per heavy atom. The van der Waals surface area contributed by atoms with E-state index < -0.39 is 18.0 Å². The summed E-state index contributed by atoms with van der Waals surface area (Å²) in [6.45, 7) is 3.62. The molecule has 0 saturated heterocycles. The third-order valence-electron chi connectivity index (χ3n) is 2.50. The molecule has 0 fully saturated rings. The maximum absolute atomic E-state index is 11.6. The highest BCUT2D eigenvalue weighted by molar-refractivity contribution is 5.82. The lowest BCUT2D eigenvalue weighted by Crippen LogP contribution is -2.46. The number of carboxylic acids is 1. The summed E-state index contributed by atoms with van der Waals surface area (Å²) < 4.78 is 5.14. The number of urea groups is 1. The van der Waals surface area contributed by atoms with Gasteiger partial charge in [0, 0.05) is 0 Å². The van der Waals surface area contributed by atoms with Crippen LogP contribution in [0.15, 0.2) is 22.8 Å². The SMILES string of the molecule is CCCC(NC(=O)NC(C)c1ccco1)C(=O)O. The minimum absolute atomic E-state index is 0.309. The van der Waals surface area contributed by atoms with E-state index in [1.807, 2.05) is 6.92 Å². The molecule has 18 heavy (non-hydrogen) atoms. The summed E-state index contributed by atoms with van der Waals surface area (Å²) in [6, 6.07) is 1.78. The van der Waals surface area contributed by atoms with E-state index >= 15 is 0 Å². The molecule has 0 saturated carbocycles. The lowest BCUT2D eigenvalue weighted by Gasteiger charge is -2.16. The zero-order valence-corrected chi connectivity index (χ0v) is 10.5. The Labute approximate surface area is 105 Å². The smallest absolute Gasteiger partial charge is 0.326 e. The van der Waals surface area contributed by atoms with Gasteiger partial charge in [-0.15, -0.1) is 0 Å². The van der Waals surface area contributed by atoms with Crippen molar-refractivity contribution in [2.24, 2.45) is 0 Å². The molecule has 2 amide bonds. The third kappa shape index (κ3) is 4.12. The van der Waals surface area contributed by atoms with E-state index in [1.165, 1.54) is 6.26 Å². The second-order valence-corrected chi connectivity index (χ2v) is 4.03. The highest BCUT2D eigenvalue weighted by atomic mass is 16.4. The number of amides is 2. The molecule has 2 unspecified atom stereocenters. The fourth-order valence-electron chi connectivity index (χ4n) is 1.55. The first-order chi connectivity index (χ1) is 8.54. The average Bonchev–Trinajstić information content (AvgIpc) is 2.81. The maximum atomic E-state index is 11.6. The zero-order chi connectivity index (χ0) is 13.5. The van der Waals surface area contributed by atoms with Gasteiger partial charge >= 0.3 is 12.0 Å². The van der Waals surface area contributed by atoms with E-state index in [1.54, 1.807) is 19.1 Å². The molecule has 1 rings (SSSR count). The van der Waals surface area contributed by atoms with Crippen molar-refractivity contribution >= 4 is 12.0 Å². The number of carboxylic acid groups (broad SMARTS) is 1. The van der Waals surface area contributed by atoms with Gasteiger partial charge in [-0.3, -0.25) is 0 Å². The highest BCUT2D eigenvalue weighted by Gasteiger charge is 2.20. The van der Waals surface area contributed by atoms with Crippen LogP contribution in [0.3, 0.4) is 0 Å². The number of aliphatic carboxylic acids is 1. The van der Waals surface area contributed by atoms with Crippen LogP contribution in [0, 0.1) is 0 Å². The molecule has 6 heteroatoms. The molecule has 1 aromatic rings. The first-order valence-electron chi connectivity index (χ1n) is 5.87. The van der Waals surface area contributed by atoms with Gasteiger partial charge in [-0.1, -0.05) is 13.3 Å². The van der Waals surface area contributed by atoms with Gasteiger partial charge in [0.05, 0.1) is 12.3 Å². The molecule has 0 radical (unpaired) electrons. The number of furan rings is 1. The zero-order valence-electron chi connectivity index (χ0n) is 10.5. The van der Waals surface area contributed by atoms with Crippen molar-refractivity contribution < 1.29 is 19.1 Å². The summed E-state index contributed by atoms with van der Waals surface area (Å²) >= 11 is 0. The first kappa shape index (κ1) is 14.1. The van der Waals surface area contributed by atoms with Crippen LogP contribution < -0.4 is 10.6 Å².